The second-order valence-electron chi connectivity index (χ2n) is 2.85. The third-order valence-corrected chi connectivity index (χ3v) is 2.27. The third kappa shape index (κ3) is 2.61. The first-order chi connectivity index (χ1) is 7.25. The Hall–Kier alpha value is -1.25. The topological polar surface area (TPSA) is 22.1 Å². The highest BCUT2D eigenvalue weighted by Crippen LogP contribution is 2.28. The average molecular weight is 240 g/mol. The van der Waals surface area contributed by atoms with E-state index in [0.717, 1.165) is 0 Å². The van der Waals surface area contributed by atoms with Crippen molar-refractivity contribution in [3.63, 3.8) is 0 Å². The fraction of sp³-hybridized carbons (Fsp3) is 0. The molecule has 0 amide bonds. The van der Waals surface area contributed by atoms with Crippen LogP contribution in [-0.4, -0.2) is 4.98 Å². The van der Waals surface area contributed by atoms with E-state index in [0.29, 0.717) is 21.7 Å². The maximum Gasteiger partial charge on any atom is 0.171 e. The number of hydrogen-bond acceptors (Lipinski definition) is 2. The van der Waals surface area contributed by atoms with Crippen molar-refractivity contribution in [1.29, 1.82) is 0 Å². The summed E-state index contributed by atoms with van der Waals surface area (Å²) in [7, 11) is 0. The molecule has 0 unspecified atom stereocenters. The van der Waals surface area contributed by atoms with Gasteiger partial charge in [0.1, 0.15) is 5.75 Å². The maximum atomic E-state index is 5.84. The van der Waals surface area contributed by atoms with Crippen molar-refractivity contribution in [3.05, 3.63) is 52.8 Å². The fourth-order valence-corrected chi connectivity index (χ4v) is 1.44. The van der Waals surface area contributed by atoms with Gasteiger partial charge in [0.15, 0.2) is 10.9 Å². The van der Waals surface area contributed by atoms with Crippen LogP contribution < -0.4 is 4.74 Å². The van der Waals surface area contributed by atoms with Gasteiger partial charge in [-0.05, 0) is 30.3 Å². The van der Waals surface area contributed by atoms with Gasteiger partial charge in [-0.2, -0.15) is 0 Å². The molecule has 2 aromatic rings. The van der Waals surface area contributed by atoms with Gasteiger partial charge in [-0.1, -0.05) is 29.3 Å². The first-order valence-electron chi connectivity index (χ1n) is 4.29. The summed E-state index contributed by atoms with van der Waals surface area (Å²) in [6.07, 6.45) is 1.60. The van der Waals surface area contributed by atoms with Crippen LogP contribution in [0.5, 0.6) is 11.5 Å². The Morgan fingerprint density at radius 2 is 1.93 bits per heavy atom. The lowest BCUT2D eigenvalue weighted by Gasteiger charge is -2.06. The van der Waals surface area contributed by atoms with E-state index in [2.05, 4.69) is 4.98 Å². The number of pyridine rings is 1. The van der Waals surface area contributed by atoms with Crippen LogP contribution in [0.25, 0.3) is 0 Å². The zero-order valence-electron chi connectivity index (χ0n) is 7.65. The molecule has 1 aromatic heterocycles. The molecular weight excluding hydrogens is 233 g/mol. The second-order valence-corrected chi connectivity index (χ2v) is 3.65. The molecule has 0 aliphatic rings. The highest BCUT2D eigenvalue weighted by Gasteiger charge is 2.02. The SMILES string of the molecule is Clc1cccc(Oc2cccnc2Cl)c1. The van der Waals surface area contributed by atoms with Gasteiger partial charge in [0.25, 0.3) is 0 Å². The molecule has 0 fully saturated rings. The predicted octanol–water partition coefficient (Wildman–Crippen LogP) is 4.18. The minimum absolute atomic E-state index is 0.331. The summed E-state index contributed by atoms with van der Waals surface area (Å²) < 4.78 is 5.51. The summed E-state index contributed by atoms with van der Waals surface area (Å²) in [6.45, 7) is 0. The first-order valence-corrected chi connectivity index (χ1v) is 5.05. The van der Waals surface area contributed by atoms with Crippen LogP contribution in [0.15, 0.2) is 42.6 Å². The fourth-order valence-electron chi connectivity index (χ4n) is 1.10. The molecule has 0 atom stereocenters. The molecule has 76 valence electrons. The van der Waals surface area contributed by atoms with Gasteiger partial charge in [0, 0.05) is 11.2 Å². The Bertz CT molecular complexity index is 474. The van der Waals surface area contributed by atoms with Gasteiger partial charge < -0.3 is 4.74 Å². The Morgan fingerprint density at radius 3 is 2.67 bits per heavy atom. The number of aromatic nitrogens is 1. The Balaban J connectivity index is 2.26. The summed E-state index contributed by atoms with van der Waals surface area (Å²) in [5.74, 6) is 1.15. The third-order valence-electron chi connectivity index (χ3n) is 1.75. The number of hydrogen-bond donors (Lipinski definition) is 0. The summed E-state index contributed by atoms with van der Waals surface area (Å²) in [4.78, 5) is 3.91. The Morgan fingerprint density at radius 1 is 1.07 bits per heavy atom. The molecule has 1 heterocycles. The standard InChI is InChI=1S/C11H7Cl2NO/c12-8-3-1-4-9(7-8)15-10-5-2-6-14-11(10)13/h1-7H. The van der Waals surface area contributed by atoms with E-state index in [-0.39, 0.29) is 0 Å². The van der Waals surface area contributed by atoms with Crippen LogP contribution in [-0.2, 0) is 0 Å². The van der Waals surface area contributed by atoms with E-state index in [4.69, 9.17) is 27.9 Å². The van der Waals surface area contributed by atoms with Gasteiger partial charge in [-0.3, -0.25) is 0 Å². The molecule has 15 heavy (non-hydrogen) atoms. The normalized spacial score (nSPS) is 10.0. The quantitative estimate of drug-likeness (QED) is 0.734. The van der Waals surface area contributed by atoms with Crippen LogP contribution in [0.4, 0.5) is 0 Å². The molecule has 2 rings (SSSR count). The first kappa shape index (κ1) is 10.3. The summed E-state index contributed by atoms with van der Waals surface area (Å²) in [5.41, 5.74) is 0. The van der Waals surface area contributed by atoms with Crippen molar-refractivity contribution in [2.24, 2.45) is 0 Å². The molecule has 4 heteroatoms. The molecule has 0 bridgehead atoms. The molecule has 0 aliphatic carbocycles. The van der Waals surface area contributed by atoms with Crippen LogP contribution in [0.3, 0.4) is 0 Å². The van der Waals surface area contributed by atoms with E-state index < -0.39 is 0 Å². The number of halogens is 2. The Kier molecular flexibility index (Phi) is 3.09. The summed E-state index contributed by atoms with van der Waals surface area (Å²) in [6, 6.07) is 10.6. The maximum absolute atomic E-state index is 5.84. The predicted molar refractivity (Wildman–Crippen MR) is 60.8 cm³/mol. The molecule has 1 aromatic carbocycles. The zero-order valence-corrected chi connectivity index (χ0v) is 9.16. The van der Waals surface area contributed by atoms with Gasteiger partial charge in [0.2, 0.25) is 0 Å². The van der Waals surface area contributed by atoms with E-state index in [1.54, 1.807) is 36.5 Å². The lowest BCUT2D eigenvalue weighted by Crippen LogP contribution is -1.86. The molecule has 2 nitrogen and oxygen atoms in total. The van der Waals surface area contributed by atoms with Crippen LogP contribution >= 0.6 is 23.2 Å². The van der Waals surface area contributed by atoms with Crippen molar-refractivity contribution < 1.29 is 4.74 Å². The van der Waals surface area contributed by atoms with Crippen molar-refractivity contribution in [1.82, 2.24) is 4.98 Å². The molecule has 0 saturated carbocycles. The van der Waals surface area contributed by atoms with Gasteiger partial charge in [-0.15, -0.1) is 0 Å². The van der Waals surface area contributed by atoms with Gasteiger partial charge >= 0.3 is 0 Å². The number of benzene rings is 1. The molecule has 0 radical (unpaired) electrons. The van der Waals surface area contributed by atoms with Crippen LogP contribution in [0, 0.1) is 0 Å². The van der Waals surface area contributed by atoms with Gasteiger partial charge in [-0.25, -0.2) is 4.98 Å². The molecule has 0 aliphatic heterocycles. The summed E-state index contributed by atoms with van der Waals surface area (Å²) >= 11 is 11.7. The summed E-state index contributed by atoms with van der Waals surface area (Å²) in [5, 5.41) is 0.949. The number of ether oxygens (including phenoxy) is 1. The second kappa shape index (κ2) is 4.51. The van der Waals surface area contributed by atoms with Crippen molar-refractivity contribution >= 4 is 23.2 Å². The van der Waals surface area contributed by atoms with E-state index in [1.165, 1.54) is 0 Å². The van der Waals surface area contributed by atoms with E-state index in [9.17, 15) is 0 Å². The minimum atomic E-state index is 0.331. The van der Waals surface area contributed by atoms with E-state index in [1.807, 2.05) is 6.07 Å². The van der Waals surface area contributed by atoms with Crippen molar-refractivity contribution in [2.75, 3.05) is 0 Å². The molecule has 0 N–H and O–H groups in total. The smallest absolute Gasteiger partial charge is 0.171 e. The highest BCUT2D eigenvalue weighted by molar-refractivity contribution is 6.31. The van der Waals surface area contributed by atoms with Crippen molar-refractivity contribution in [2.45, 2.75) is 0 Å². The lowest BCUT2D eigenvalue weighted by atomic mass is 10.3. The van der Waals surface area contributed by atoms with Crippen LogP contribution in [0.2, 0.25) is 10.2 Å². The van der Waals surface area contributed by atoms with E-state index >= 15 is 0 Å². The number of nitrogens with zero attached hydrogens (tertiary/aromatic N) is 1. The lowest BCUT2D eigenvalue weighted by molar-refractivity contribution is 0.480. The molecule has 0 saturated heterocycles. The zero-order chi connectivity index (χ0) is 10.7. The average Bonchev–Trinajstić information content (AvgIpc) is 2.22. The van der Waals surface area contributed by atoms with Crippen LogP contribution in [0.1, 0.15) is 0 Å². The molecular formula is C11H7Cl2NO. The molecule has 0 spiro atoms. The monoisotopic (exact) mass is 239 g/mol. The van der Waals surface area contributed by atoms with Crippen molar-refractivity contribution in [3.8, 4) is 11.5 Å². The Labute approximate surface area is 97.4 Å². The highest BCUT2D eigenvalue weighted by atomic mass is 35.5. The minimum Gasteiger partial charge on any atom is -0.454 e. The largest absolute Gasteiger partial charge is 0.454 e. The van der Waals surface area contributed by atoms with Gasteiger partial charge in [0.05, 0.1) is 0 Å². The number of rotatable bonds is 2.